The first-order valence-corrected chi connectivity index (χ1v) is 7.18. The van der Waals surface area contributed by atoms with Crippen LogP contribution in [-0.4, -0.2) is 30.3 Å². The molecule has 2 N–H and O–H groups in total. The highest BCUT2D eigenvalue weighted by atomic mass is 16.5. The second kappa shape index (κ2) is 7.26. The molecule has 0 heterocycles. The highest BCUT2D eigenvalue weighted by Gasteiger charge is 2.38. The van der Waals surface area contributed by atoms with E-state index in [1.165, 1.54) is 0 Å². The molecule has 112 valence electrons. The number of ether oxygens (including phenoxy) is 1. The van der Waals surface area contributed by atoms with Gasteiger partial charge in [-0.25, -0.2) is 0 Å². The van der Waals surface area contributed by atoms with E-state index in [0.29, 0.717) is 13.0 Å². The van der Waals surface area contributed by atoms with Crippen LogP contribution in [0.2, 0.25) is 0 Å². The molecule has 0 unspecified atom stereocenters. The van der Waals surface area contributed by atoms with E-state index in [1.807, 2.05) is 24.3 Å². The van der Waals surface area contributed by atoms with Gasteiger partial charge in [0.1, 0.15) is 6.61 Å². The van der Waals surface area contributed by atoms with Crippen molar-refractivity contribution in [1.82, 2.24) is 5.32 Å². The Labute approximate surface area is 125 Å². The summed E-state index contributed by atoms with van der Waals surface area (Å²) in [6, 6.07) is 7.63. The zero-order valence-corrected chi connectivity index (χ0v) is 12.3. The summed E-state index contributed by atoms with van der Waals surface area (Å²) < 4.78 is 5.46. The number of methoxy groups -OCH3 is 1. The predicted molar refractivity (Wildman–Crippen MR) is 80.5 cm³/mol. The zero-order chi connectivity index (χ0) is 15.1. The van der Waals surface area contributed by atoms with Crippen molar-refractivity contribution in [1.29, 1.82) is 0 Å². The summed E-state index contributed by atoms with van der Waals surface area (Å²) in [5.74, 6) is 5.48. The molecule has 0 saturated heterocycles. The summed E-state index contributed by atoms with van der Waals surface area (Å²) in [5.41, 5.74) is 1.59. The largest absolute Gasteiger partial charge is 0.384 e. The van der Waals surface area contributed by atoms with Gasteiger partial charge in [0.2, 0.25) is 5.91 Å². The van der Waals surface area contributed by atoms with Crippen molar-refractivity contribution in [2.24, 2.45) is 0 Å². The van der Waals surface area contributed by atoms with Crippen molar-refractivity contribution >= 4 is 5.91 Å². The average molecular weight is 287 g/mol. The Morgan fingerprint density at radius 1 is 1.48 bits per heavy atom. The van der Waals surface area contributed by atoms with Crippen LogP contribution in [-0.2, 0) is 16.1 Å². The van der Waals surface area contributed by atoms with Crippen molar-refractivity contribution in [3.8, 4) is 11.8 Å². The number of hydrogen-bond acceptors (Lipinski definition) is 3. The summed E-state index contributed by atoms with van der Waals surface area (Å²) >= 11 is 0. The van der Waals surface area contributed by atoms with Gasteiger partial charge in [-0.2, -0.15) is 0 Å². The summed E-state index contributed by atoms with van der Waals surface area (Å²) in [7, 11) is 1.68. The third-order valence-corrected chi connectivity index (χ3v) is 3.91. The van der Waals surface area contributed by atoms with Gasteiger partial charge in [-0.3, -0.25) is 4.79 Å². The monoisotopic (exact) mass is 287 g/mol. The van der Waals surface area contributed by atoms with Crippen LogP contribution in [0, 0.1) is 11.8 Å². The third-order valence-electron chi connectivity index (χ3n) is 3.91. The molecular formula is C17H21NO3. The summed E-state index contributed by atoms with van der Waals surface area (Å²) in [6.45, 7) is 0.327. The number of carbonyl (C=O) groups excluding carboxylic acids is 1. The second-order valence-electron chi connectivity index (χ2n) is 5.35. The Morgan fingerprint density at radius 3 is 2.90 bits per heavy atom. The van der Waals surface area contributed by atoms with Gasteiger partial charge in [-0.05, 0) is 37.0 Å². The standard InChI is InChI=1S/C17H21NO3/c1-21-17(8-4-9-17)12-16(20)18-13-15-6-2-5-14(11-15)7-3-10-19/h2,5-6,11,19H,4,8-10,12-13H2,1H3,(H,18,20). The first kappa shape index (κ1) is 15.6. The van der Waals surface area contributed by atoms with E-state index in [4.69, 9.17) is 9.84 Å². The fraction of sp³-hybridized carbons (Fsp3) is 0.471. The van der Waals surface area contributed by atoms with Crippen LogP contribution in [0.1, 0.15) is 36.8 Å². The number of rotatable bonds is 5. The van der Waals surface area contributed by atoms with Crippen molar-refractivity contribution in [2.75, 3.05) is 13.7 Å². The van der Waals surface area contributed by atoms with Crippen LogP contribution < -0.4 is 5.32 Å². The zero-order valence-electron chi connectivity index (χ0n) is 12.3. The molecule has 0 bridgehead atoms. The van der Waals surface area contributed by atoms with E-state index in [9.17, 15) is 4.79 Å². The Hall–Kier alpha value is -1.83. The molecule has 1 aromatic rings. The minimum atomic E-state index is -0.238. The van der Waals surface area contributed by atoms with Gasteiger partial charge in [0.05, 0.1) is 12.0 Å². The Balaban J connectivity index is 1.86. The molecule has 2 rings (SSSR count). The van der Waals surface area contributed by atoms with Crippen LogP contribution in [0.25, 0.3) is 0 Å². The van der Waals surface area contributed by atoms with Crippen molar-refractivity contribution < 1.29 is 14.6 Å². The van der Waals surface area contributed by atoms with Gasteiger partial charge in [-0.1, -0.05) is 24.0 Å². The minimum absolute atomic E-state index is 0.0170. The second-order valence-corrected chi connectivity index (χ2v) is 5.35. The summed E-state index contributed by atoms with van der Waals surface area (Å²) in [4.78, 5) is 12.0. The lowest BCUT2D eigenvalue weighted by atomic mass is 9.77. The minimum Gasteiger partial charge on any atom is -0.384 e. The topological polar surface area (TPSA) is 58.6 Å². The van der Waals surface area contributed by atoms with E-state index < -0.39 is 0 Å². The fourth-order valence-corrected chi connectivity index (χ4v) is 2.48. The van der Waals surface area contributed by atoms with Crippen LogP contribution in [0.3, 0.4) is 0 Å². The average Bonchev–Trinajstić information content (AvgIpc) is 2.47. The molecule has 21 heavy (non-hydrogen) atoms. The number of aliphatic hydroxyl groups excluding tert-OH is 1. The van der Waals surface area contributed by atoms with Crippen molar-refractivity contribution in [3.05, 3.63) is 35.4 Å². The number of benzene rings is 1. The quantitative estimate of drug-likeness (QED) is 0.809. The van der Waals surface area contributed by atoms with Gasteiger partial charge >= 0.3 is 0 Å². The van der Waals surface area contributed by atoms with Crippen LogP contribution >= 0.6 is 0 Å². The highest BCUT2D eigenvalue weighted by Crippen LogP contribution is 2.37. The molecule has 0 aromatic heterocycles. The Morgan fingerprint density at radius 2 is 2.29 bits per heavy atom. The van der Waals surface area contributed by atoms with Crippen LogP contribution in [0.5, 0.6) is 0 Å². The van der Waals surface area contributed by atoms with Gasteiger partial charge in [0.25, 0.3) is 0 Å². The summed E-state index contributed by atoms with van der Waals surface area (Å²) in [5, 5.41) is 11.6. The van der Waals surface area contributed by atoms with Gasteiger partial charge in [0.15, 0.2) is 0 Å². The molecule has 0 spiro atoms. The SMILES string of the molecule is COC1(CC(=O)NCc2cccc(C#CCO)c2)CCC1. The third kappa shape index (κ3) is 4.32. The molecule has 0 atom stereocenters. The number of amides is 1. The molecule has 4 heteroatoms. The smallest absolute Gasteiger partial charge is 0.223 e. The van der Waals surface area contributed by atoms with Gasteiger partial charge < -0.3 is 15.2 Å². The number of hydrogen-bond donors (Lipinski definition) is 2. The van der Waals surface area contributed by atoms with Crippen molar-refractivity contribution in [3.63, 3.8) is 0 Å². The number of nitrogens with one attached hydrogen (secondary N) is 1. The lowest BCUT2D eigenvalue weighted by molar-refractivity contribution is -0.134. The Bertz CT molecular complexity index is 547. The molecule has 4 nitrogen and oxygen atoms in total. The van der Waals surface area contributed by atoms with E-state index in [-0.39, 0.29) is 18.1 Å². The van der Waals surface area contributed by atoms with Gasteiger partial charge in [-0.15, -0.1) is 0 Å². The van der Waals surface area contributed by atoms with E-state index in [2.05, 4.69) is 17.2 Å². The number of carbonyl (C=O) groups is 1. The van der Waals surface area contributed by atoms with E-state index in [0.717, 1.165) is 30.4 Å². The molecule has 1 aromatic carbocycles. The van der Waals surface area contributed by atoms with Crippen LogP contribution in [0.4, 0.5) is 0 Å². The normalized spacial score (nSPS) is 15.5. The molecule has 1 aliphatic rings. The number of aliphatic hydroxyl groups is 1. The molecule has 1 fully saturated rings. The maximum absolute atomic E-state index is 12.0. The van der Waals surface area contributed by atoms with Crippen molar-refractivity contribution in [2.45, 2.75) is 37.8 Å². The Kier molecular flexibility index (Phi) is 5.38. The first-order valence-electron chi connectivity index (χ1n) is 7.18. The fourth-order valence-electron chi connectivity index (χ4n) is 2.48. The maximum Gasteiger partial charge on any atom is 0.223 e. The molecular weight excluding hydrogens is 266 g/mol. The molecule has 0 radical (unpaired) electrons. The van der Waals surface area contributed by atoms with Crippen LogP contribution in [0.15, 0.2) is 24.3 Å². The molecule has 1 saturated carbocycles. The predicted octanol–water partition coefficient (Wildman–Crippen LogP) is 1.61. The molecule has 1 amide bonds. The molecule has 1 aliphatic carbocycles. The van der Waals surface area contributed by atoms with E-state index in [1.54, 1.807) is 7.11 Å². The molecule has 0 aliphatic heterocycles. The summed E-state index contributed by atoms with van der Waals surface area (Å²) in [6.07, 6.45) is 3.48. The maximum atomic E-state index is 12.0. The lowest BCUT2D eigenvalue weighted by Crippen LogP contribution is -2.43. The highest BCUT2D eigenvalue weighted by molar-refractivity contribution is 5.77. The van der Waals surface area contributed by atoms with Gasteiger partial charge in [0, 0.05) is 19.2 Å². The lowest BCUT2D eigenvalue weighted by Gasteiger charge is -2.39. The van der Waals surface area contributed by atoms with E-state index >= 15 is 0 Å². The first-order chi connectivity index (χ1) is 10.2.